The Balaban J connectivity index is 1.66. The molecule has 1 saturated carbocycles. The summed E-state index contributed by atoms with van der Waals surface area (Å²) in [4.78, 5) is 11.5. The minimum Gasteiger partial charge on any atom is -0.338 e. The summed E-state index contributed by atoms with van der Waals surface area (Å²) >= 11 is 0. The van der Waals surface area contributed by atoms with Gasteiger partial charge >= 0.3 is 6.03 Å². The van der Waals surface area contributed by atoms with Crippen LogP contribution in [0.3, 0.4) is 0 Å². The molecule has 3 atom stereocenters. The van der Waals surface area contributed by atoms with E-state index >= 15 is 0 Å². The minimum absolute atomic E-state index is 0.00259. The Morgan fingerprint density at radius 1 is 1.47 bits per heavy atom. The van der Waals surface area contributed by atoms with E-state index in [1.165, 1.54) is 6.42 Å². The summed E-state index contributed by atoms with van der Waals surface area (Å²) in [5.74, 6) is 0.788. The van der Waals surface area contributed by atoms with E-state index in [2.05, 4.69) is 22.9 Å². The topological polar surface area (TPSA) is 53.2 Å². The normalized spacial score (nSPS) is 33.0. The monoisotopic (exact) mass is 211 g/mol. The average Bonchev–Trinajstić information content (AvgIpc) is 2.79. The van der Waals surface area contributed by atoms with Crippen molar-refractivity contribution in [3.05, 3.63) is 0 Å². The van der Waals surface area contributed by atoms with E-state index in [9.17, 15) is 4.79 Å². The van der Waals surface area contributed by atoms with E-state index < -0.39 is 0 Å². The Hall–Kier alpha value is -0.770. The zero-order valence-corrected chi connectivity index (χ0v) is 9.38. The van der Waals surface area contributed by atoms with E-state index in [-0.39, 0.29) is 6.03 Å². The molecule has 0 aromatic heterocycles. The number of hydrogen-bond acceptors (Lipinski definition) is 2. The van der Waals surface area contributed by atoms with Crippen LogP contribution in [0.4, 0.5) is 4.79 Å². The molecule has 1 aliphatic heterocycles. The second-order valence-corrected chi connectivity index (χ2v) is 4.71. The van der Waals surface area contributed by atoms with Crippen LogP contribution in [0.5, 0.6) is 0 Å². The summed E-state index contributed by atoms with van der Waals surface area (Å²) in [6.45, 7) is 4.05. The number of nitrogens with one attached hydrogen (secondary N) is 3. The van der Waals surface area contributed by atoms with Gasteiger partial charge < -0.3 is 16.0 Å². The molecule has 0 aromatic carbocycles. The number of urea groups is 1. The molecule has 3 N–H and O–H groups in total. The maximum Gasteiger partial charge on any atom is 0.315 e. The standard InChI is InChI=1S/C11H21N3O/c1-2-3-4-12-11(15)14-10-6-8-5-9(10)13-7-8/h8-10,13H,2-7H2,1H3,(H2,12,14,15). The van der Waals surface area contributed by atoms with Crippen LogP contribution in [0, 0.1) is 5.92 Å². The summed E-state index contributed by atoms with van der Waals surface area (Å²) in [5.41, 5.74) is 0. The van der Waals surface area contributed by atoms with E-state index in [4.69, 9.17) is 0 Å². The molecular weight excluding hydrogens is 190 g/mol. The van der Waals surface area contributed by atoms with Gasteiger partial charge in [-0.05, 0) is 31.7 Å². The van der Waals surface area contributed by atoms with E-state index in [1.807, 2.05) is 0 Å². The third kappa shape index (κ3) is 2.62. The highest BCUT2D eigenvalue weighted by Gasteiger charge is 2.39. The molecule has 0 spiro atoms. The van der Waals surface area contributed by atoms with Gasteiger partial charge in [0.25, 0.3) is 0 Å². The molecule has 3 unspecified atom stereocenters. The first kappa shape index (κ1) is 10.7. The summed E-state index contributed by atoms with van der Waals surface area (Å²) in [5, 5.41) is 9.39. The molecular formula is C11H21N3O. The van der Waals surface area contributed by atoms with E-state index in [0.717, 1.165) is 38.3 Å². The Bertz CT molecular complexity index is 232. The Morgan fingerprint density at radius 3 is 2.93 bits per heavy atom. The summed E-state index contributed by atoms with van der Waals surface area (Å²) in [7, 11) is 0. The van der Waals surface area contributed by atoms with Crippen molar-refractivity contribution in [2.75, 3.05) is 13.1 Å². The third-order valence-electron chi connectivity index (χ3n) is 3.46. The second-order valence-electron chi connectivity index (χ2n) is 4.71. The number of carbonyl (C=O) groups excluding carboxylic acids is 1. The molecule has 15 heavy (non-hydrogen) atoms. The first-order valence-electron chi connectivity index (χ1n) is 6.07. The number of fused-ring (bicyclic) bond motifs is 2. The molecule has 2 bridgehead atoms. The van der Waals surface area contributed by atoms with Gasteiger partial charge in [-0.25, -0.2) is 4.79 Å². The first-order chi connectivity index (χ1) is 7.29. The highest BCUT2D eigenvalue weighted by Crippen LogP contribution is 2.30. The number of rotatable bonds is 4. The van der Waals surface area contributed by atoms with Crippen molar-refractivity contribution in [3.8, 4) is 0 Å². The minimum atomic E-state index is 0.00259. The fourth-order valence-electron chi connectivity index (χ4n) is 2.61. The molecule has 2 aliphatic rings. The van der Waals surface area contributed by atoms with Crippen molar-refractivity contribution in [2.24, 2.45) is 5.92 Å². The largest absolute Gasteiger partial charge is 0.338 e. The maximum atomic E-state index is 11.5. The quantitative estimate of drug-likeness (QED) is 0.603. The highest BCUT2D eigenvalue weighted by molar-refractivity contribution is 5.74. The van der Waals surface area contributed by atoms with Crippen molar-refractivity contribution in [1.82, 2.24) is 16.0 Å². The van der Waals surface area contributed by atoms with Gasteiger partial charge in [0, 0.05) is 18.6 Å². The molecule has 1 heterocycles. The van der Waals surface area contributed by atoms with Crippen molar-refractivity contribution in [3.63, 3.8) is 0 Å². The van der Waals surface area contributed by atoms with Gasteiger partial charge in [0.05, 0.1) is 0 Å². The lowest BCUT2D eigenvalue weighted by molar-refractivity contribution is 0.233. The second kappa shape index (κ2) is 4.84. The number of amides is 2. The summed E-state index contributed by atoms with van der Waals surface area (Å²) in [6, 6.07) is 0.875. The number of hydrogen-bond donors (Lipinski definition) is 3. The van der Waals surface area contributed by atoms with Gasteiger partial charge in [-0.1, -0.05) is 13.3 Å². The lowest BCUT2D eigenvalue weighted by Gasteiger charge is -2.24. The fourth-order valence-corrected chi connectivity index (χ4v) is 2.61. The molecule has 0 aromatic rings. The lowest BCUT2D eigenvalue weighted by Crippen LogP contribution is -2.51. The van der Waals surface area contributed by atoms with Crippen LogP contribution in [-0.2, 0) is 0 Å². The van der Waals surface area contributed by atoms with Gasteiger partial charge in [-0.2, -0.15) is 0 Å². The third-order valence-corrected chi connectivity index (χ3v) is 3.46. The van der Waals surface area contributed by atoms with Gasteiger partial charge in [-0.3, -0.25) is 0 Å². The maximum absolute atomic E-state index is 11.5. The lowest BCUT2D eigenvalue weighted by atomic mass is 10.1. The van der Waals surface area contributed by atoms with Gasteiger partial charge in [0.15, 0.2) is 0 Å². The summed E-state index contributed by atoms with van der Waals surface area (Å²) in [6.07, 6.45) is 4.57. The fraction of sp³-hybridized carbons (Fsp3) is 0.909. The molecule has 86 valence electrons. The molecule has 0 radical (unpaired) electrons. The molecule has 4 heteroatoms. The van der Waals surface area contributed by atoms with Crippen LogP contribution >= 0.6 is 0 Å². The molecule has 1 aliphatic carbocycles. The number of carbonyl (C=O) groups is 1. The molecule has 1 saturated heterocycles. The van der Waals surface area contributed by atoms with Crippen LogP contribution in [0.15, 0.2) is 0 Å². The Morgan fingerprint density at radius 2 is 2.33 bits per heavy atom. The van der Waals surface area contributed by atoms with Crippen LogP contribution in [0.2, 0.25) is 0 Å². The Labute approximate surface area is 91.2 Å². The van der Waals surface area contributed by atoms with Gasteiger partial charge in [-0.15, -0.1) is 0 Å². The van der Waals surface area contributed by atoms with Crippen molar-refractivity contribution in [2.45, 2.75) is 44.7 Å². The zero-order valence-electron chi connectivity index (χ0n) is 9.38. The van der Waals surface area contributed by atoms with Crippen LogP contribution in [-0.4, -0.2) is 31.2 Å². The van der Waals surface area contributed by atoms with Crippen molar-refractivity contribution < 1.29 is 4.79 Å². The molecule has 2 rings (SSSR count). The van der Waals surface area contributed by atoms with Gasteiger partial charge in [0.2, 0.25) is 0 Å². The van der Waals surface area contributed by atoms with Crippen LogP contribution < -0.4 is 16.0 Å². The number of unbranched alkanes of at least 4 members (excludes halogenated alkanes) is 1. The average molecular weight is 211 g/mol. The van der Waals surface area contributed by atoms with Crippen molar-refractivity contribution in [1.29, 1.82) is 0 Å². The predicted molar refractivity (Wildman–Crippen MR) is 59.7 cm³/mol. The van der Waals surface area contributed by atoms with Crippen LogP contribution in [0.1, 0.15) is 32.6 Å². The summed E-state index contributed by atoms with van der Waals surface area (Å²) < 4.78 is 0. The smallest absolute Gasteiger partial charge is 0.315 e. The Kier molecular flexibility index (Phi) is 3.46. The van der Waals surface area contributed by atoms with Crippen LogP contribution in [0.25, 0.3) is 0 Å². The van der Waals surface area contributed by atoms with E-state index in [1.54, 1.807) is 0 Å². The zero-order chi connectivity index (χ0) is 10.7. The first-order valence-corrected chi connectivity index (χ1v) is 6.07. The van der Waals surface area contributed by atoms with E-state index in [0.29, 0.717) is 12.1 Å². The predicted octanol–water partition coefficient (Wildman–Crippen LogP) is 0.836. The molecule has 4 nitrogen and oxygen atoms in total. The SMILES string of the molecule is CCCCNC(=O)NC1CC2CNC1C2. The van der Waals surface area contributed by atoms with Crippen molar-refractivity contribution >= 4 is 6.03 Å². The molecule has 2 fully saturated rings. The molecule has 2 amide bonds. The van der Waals surface area contributed by atoms with Gasteiger partial charge in [0.1, 0.15) is 0 Å². The highest BCUT2D eigenvalue weighted by atomic mass is 16.2. The number of piperidine rings is 1.